The maximum atomic E-state index is 15.5. The Morgan fingerprint density at radius 2 is 2.00 bits per heavy atom. The third kappa shape index (κ3) is 3.89. The minimum absolute atomic E-state index is 0.0465. The lowest BCUT2D eigenvalue weighted by Crippen LogP contribution is -2.16. The Bertz CT molecular complexity index is 1760. The lowest BCUT2D eigenvalue weighted by molar-refractivity contribution is 0.385. The number of fused-ring (bicyclic) bond motifs is 1. The number of aromatic nitrogens is 4. The van der Waals surface area contributed by atoms with Gasteiger partial charge < -0.3 is 13.7 Å². The van der Waals surface area contributed by atoms with Crippen molar-refractivity contribution in [1.29, 1.82) is 5.26 Å². The number of methoxy groups -OCH3 is 1. The Labute approximate surface area is 202 Å². The first-order valence-corrected chi connectivity index (χ1v) is 11.6. The average Bonchev–Trinajstić information content (AvgIpc) is 3.55. The number of benzene rings is 1. The average molecular weight is 508 g/mol. The molecule has 0 saturated carbocycles. The number of imidazole rings is 1. The third-order valence-electron chi connectivity index (χ3n) is 5.26. The van der Waals surface area contributed by atoms with E-state index in [4.69, 9.17) is 14.5 Å². The largest absolute Gasteiger partial charge is 0.480 e. The van der Waals surface area contributed by atoms with Crippen molar-refractivity contribution in [2.24, 2.45) is 0 Å². The number of nitriles is 1. The molecule has 0 aliphatic rings. The fourth-order valence-corrected chi connectivity index (χ4v) is 4.82. The summed E-state index contributed by atoms with van der Waals surface area (Å²) in [6.45, 7) is 0. The molecule has 0 radical (unpaired) electrons. The Balaban J connectivity index is 1.56. The number of nitrogens with one attached hydrogen (secondary N) is 1. The summed E-state index contributed by atoms with van der Waals surface area (Å²) in [5, 5.41) is 12.7. The number of anilines is 1. The molecule has 0 unspecified atom stereocenters. The topological polar surface area (TPSA) is 135 Å². The molecule has 0 aliphatic carbocycles. The normalized spacial score (nSPS) is 11.4. The fourth-order valence-electron chi connectivity index (χ4n) is 3.61. The molecule has 180 valence electrons. The van der Waals surface area contributed by atoms with Crippen LogP contribution in [0.5, 0.6) is 5.88 Å². The highest BCUT2D eigenvalue weighted by atomic mass is 32.2. The summed E-state index contributed by atoms with van der Waals surface area (Å²) in [6, 6.07) is 9.41. The molecule has 0 aliphatic heterocycles. The summed E-state index contributed by atoms with van der Waals surface area (Å²) in [5.41, 5.74) is 0.209. The number of ether oxygens (including phenoxy) is 1. The van der Waals surface area contributed by atoms with E-state index < -0.39 is 37.8 Å². The van der Waals surface area contributed by atoms with E-state index >= 15 is 4.39 Å². The van der Waals surface area contributed by atoms with E-state index in [0.717, 1.165) is 24.4 Å². The molecule has 0 spiro atoms. The van der Waals surface area contributed by atoms with Gasteiger partial charge in [0.1, 0.15) is 23.9 Å². The first kappa shape index (κ1) is 22.9. The van der Waals surface area contributed by atoms with E-state index in [2.05, 4.69) is 19.8 Å². The molecule has 1 aromatic carbocycles. The molecule has 5 aromatic rings. The highest BCUT2D eigenvalue weighted by Gasteiger charge is 2.25. The van der Waals surface area contributed by atoms with E-state index in [1.165, 1.54) is 31.9 Å². The zero-order chi connectivity index (χ0) is 25.4. The van der Waals surface area contributed by atoms with E-state index in [9.17, 15) is 12.8 Å². The molecule has 13 heteroatoms. The van der Waals surface area contributed by atoms with Crippen LogP contribution in [0.25, 0.3) is 28.1 Å². The molecule has 1 N–H and O–H groups in total. The van der Waals surface area contributed by atoms with Gasteiger partial charge in [-0.3, -0.25) is 4.72 Å². The van der Waals surface area contributed by atoms with Gasteiger partial charge in [0.05, 0.1) is 35.6 Å². The molecule has 4 aromatic heterocycles. The summed E-state index contributed by atoms with van der Waals surface area (Å²) in [4.78, 5) is 7.57. The van der Waals surface area contributed by atoms with Gasteiger partial charge in [-0.05, 0) is 24.3 Å². The molecule has 0 bridgehead atoms. The molecular weight excluding hydrogens is 494 g/mol. The molecule has 0 saturated heterocycles. The van der Waals surface area contributed by atoms with Crippen molar-refractivity contribution in [3.8, 4) is 34.5 Å². The predicted octanol–water partition coefficient (Wildman–Crippen LogP) is 4.01. The van der Waals surface area contributed by atoms with Gasteiger partial charge in [-0.1, -0.05) is 11.2 Å². The quantitative estimate of drug-likeness (QED) is 0.363. The maximum absolute atomic E-state index is 15.5. The molecule has 0 amide bonds. The fraction of sp³-hybridized carbons (Fsp3) is 0.0435. The summed E-state index contributed by atoms with van der Waals surface area (Å²) in [5.74, 6) is -1.92. The molecule has 5 rings (SSSR count). The van der Waals surface area contributed by atoms with Gasteiger partial charge in [0.2, 0.25) is 5.88 Å². The van der Waals surface area contributed by atoms with Gasteiger partial charge in [-0.2, -0.15) is 5.26 Å². The number of halogens is 2. The number of sulfonamides is 1. The standard InChI is InChI=1S/C23H14F2N6O4S/c1-34-23-19(8-13(9-26)10-27-23)36(32,33)30-16-4-3-15(24)20(21(16)25)14-2-5-17-22(18-6-7-29-35-18)28-12-31(17)11-14/h2-8,10-12,30H,1H3. The van der Waals surface area contributed by atoms with Crippen molar-refractivity contribution in [2.75, 3.05) is 11.8 Å². The molecular formula is C23H14F2N6O4S. The summed E-state index contributed by atoms with van der Waals surface area (Å²) < 4.78 is 70.0. The van der Waals surface area contributed by atoms with Crippen molar-refractivity contribution in [3.05, 3.63) is 78.5 Å². The maximum Gasteiger partial charge on any atom is 0.267 e. The van der Waals surface area contributed by atoms with Crippen molar-refractivity contribution >= 4 is 21.2 Å². The summed E-state index contributed by atoms with van der Waals surface area (Å²) in [7, 11) is -3.26. The minimum atomic E-state index is -4.46. The van der Waals surface area contributed by atoms with Gasteiger partial charge in [0.15, 0.2) is 16.5 Å². The van der Waals surface area contributed by atoms with Crippen LogP contribution in [-0.4, -0.2) is 35.1 Å². The molecule has 36 heavy (non-hydrogen) atoms. The number of rotatable bonds is 6. The number of hydrogen-bond donors (Lipinski definition) is 1. The van der Waals surface area contributed by atoms with Crippen molar-refractivity contribution in [2.45, 2.75) is 4.90 Å². The zero-order valence-corrected chi connectivity index (χ0v) is 19.1. The van der Waals surface area contributed by atoms with Crippen LogP contribution in [-0.2, 0) is 10.0 Å². The molecule has 10 nitrogen and oxygen atoms in total. The second kappa shape index (κ2) is 8.75. The highest BCUT2D eigenvalue weighted by Crippen LogP contribution is 2.34. The Kier molecular flexibility index (Phi) is 5.57. The van der Waals surface area contributed by atoms with Crippen LogP contribution in [0, 0.1) is 23.0 Å². The monoisotopic (exact) mass is 508 g/mol. The molecule has 4 heterocycles. The van der Waals surface area contributed by atoms with Crippen LogP contribution >= 0.6 is 0 Å². The summed E-state index contributed by atoms with van der Waals surface area (Å²) in [6.07, 6.45) is 5.49. The summed E-state index contributed by atoms with van der Waals surface area (Å²) >= 11 is 0. The van der Waals surface area contributed by atoms with Crippen LogP contribution in [0.3, 0.4) is 0 Å². The van der Waals surface area contributed by atoms with Crippen LogP contribution < -0.4 is 9.46 Å². The Hall–Kier alpha value is -4.83. The second-order valence-electron chi connectivity index (χ2n) is 7.41. The molecule has 0 atom stereocenters. The third-order valence-corrected chi connectivity index (χ3v) is 6.62. The molecule has 0 fully saturated rings. The first-order chi connectivity index (χ1) is 17.3. The first-order valence-electron chi connectivity index (χ1n) is 10.2. The zero-order valence-electron chi connectivity index (χ0n) is 18.3. The van der Waals surface area contributed by atoms with E-state index in [1.54, 1.807) is 22.6 Å². The van der Waals surface area contributed by atoms with Gasteiger partial charge in [0.25, 0.3) is 10.0 Å². The number of nitrogens with zero attached hydrogens (tertiary/aromatic N) is 5. The van der Waals surface area contributed by atoms with Crippen LogP contribution in [0.4, 0.5) is 14.5 Å². The Morgan fingerprint density at radius 3 is 2.72 bits per heavy atom. The minimum Gasteiger partial charge on any atom is -0.480 e. The Morgan fingerprint density at radius 1 is 1.17 bits per heavy atom. The van der Waals surface area contributed by atoms with Crippen molar-refractivity contribution in [3.63, 3.8) is 0 Å². The van der Waals surface area contributed by atoms with E-state index in [-0.39, 0.29) is 17.0 Å². The van der Waals surface area contributed by atoms with Gasteiger partial charge in [0, 0.05) is 24.0 Å². The lowest BCUT2D eigenvalue weighted by atomic mass is 10.0. The van der Waals surface area contributed by atoms with Gasteiger partial charge >= 0.3 is 0 Å². The van der Waals surface area contributed by atoms with Crippen molar-refractivity contribution < 1.29 is 26.5 Å². The van der Waals surface area contributed by atoms with E-state index in [0.29, 0.717) is 17.0 Å². The lowest BCUT2D eigenvalue weighted by Gasteiger charge is -2.14. The highest BCUT2D eigenvalue weighted by molar-refractivity contribution is 7.92. The van der Waals surface area contributed by atoms with Crippen LogP contribution in [0.2, 0.25) is 0 Å². The van der Waals surface area contributed by atoms with Crippen LogP contribution in [0.1, 0.15) is 5.56 Å². The van der Waals surface area contributed by atoms with Gasteiger partial charge in [-0.15, -0.1) is 0 Å². The number of pyridine rings is 2. The second-order valence-corrected chi connectivity index (χ2v) is 9.06. The van der Waals surface area contributed by atoms with Gasteiger partial charge in [-0.25, -0.2) is 27.2 Å². The number of hydrogen-bond acceptors (Lipinski definition) is 8. The van der Waals surface area contributed by atoms with Crippen molar-refractivity contribution in [1.82, 2.24) is 19.5 Å². The van der Waals surface area contributed by atoms with Crippen LogP contribution in [0.15, 0.2) is 70.7 Å². The predicted molar refractivity (Wildman–Crippen MR) is 122 cm³/mol. The van der Waals surface area contributed by atoms with E-state index in [1.807, 2.05) is 0 Å². The smallest absolute Gasteiger partial charge is 0.267 e. The SMILES string of the molecule is COc1ncc(C#N)cc1S(=O)(=O)Nc1ccc(F)c(-c2ccc3c(-c4ccno4)ncn3c2)c1F.